The van der Waals surface area contributed by atoms with E-state index >= 15 is 0 Å². The standard InChI is InChI=1S/C37H71N5O6/c1-2-3-18-25-32-36(45)47-39-30-23-16-12-8-5-7-11-15-20-28-35(44)42-33(26-21-22-29-38)37(46)48-40-31-24-17-13-9-4-6-10-14-19-27-34(43)41-32/h32-33,39-40H,2-31,38H2,1H3,(H,41,43)(H,42,44). The van der Waals surface area contributed by atoms with Crippen LogP contribution in [0.5, 0.6) is 0 Å². The first-order valence-electron chi connectivity index (χ1n) is 19.6. The highest BCUT2D eigenvalue weighted by Gasteiger charge is 2.23. The van der Waals surface area contributed by atoms with Crippen molar-refractivity contribution in [1.29, 1.82) is 0 Å². The molecule has 0 bridgehead atoms. The lowest BCUT2D eigenvalue weighted by atomic mass is 10.1. The molecular weight excluding hydrogens is 610 g/mol. The Balaban J connectivity index is 2.52. The van der Waals surface area contributed by atoms with Crippen LogP contribution >= 0.6 is 0 Å². The molecule has 0 aromatic carbocycles. The Bertz CT molecular complexity index is 764. The number of unbranched alkanes of at least 4 members (excludes halogenated alkanes) is 3. The fourth-order valence-electron chi connectivity index (χ4n) is 5.95. The number of carbonyl (C=O) groups is 4. The number of nitrogens with two attached hydrogens (primary N) is 1. The van der Waals surface area contributed by atoms with Gasteiger partial charge in [0.2, 0.25) is 11.8 Å². The van der Waals surface area contributed by atoms with Crippen LogP contribution in [0.4, 0.5) is 0 Å². The van der Waals surface area contributed by atoms with Gasteiger partial charge in [-0.15, -0.1) is 0 Å². The lowest BCUT2D eigenvalue weighted by Crippen LogP contribution is -2.43. The maximum atomic E-state index is 12.7. The van der Waals surface area contributed by atoms with Crippen molar-refractivity contribution in [2.45, 2.75) is 192 Å². The molecule has 11 nitrogen and oxygen atoms in total. The molecule has 1 fully saturated rings. The fraction of sp³-hybridized carbons (Fsp3) is 0.892. The number of hydrogen-bond acceptors (Lipinski definition) is 9. The largest absolute Gasteiger partial charge is 0.369 e. The van der Waals surface area contributed by atoms with Crippen molar-refractivity contribution in [3.05, 3.63) is 0 Å². The predicted octanol–water partition coefficient (Wildman–Crippen LogP) is 6.58. The smallest absolute Gasteiger partial charge is 0.347 e. The zero-order chi connectivity index (χ0) is 34.9. The minimum absolute atomic E-state index is 0.0724. The quantitative estimate of drug-likeness (QED) is 0.178. The Morgan fingerprint density at radius 1 is 0.521 bits per heavy atom. The monoisotopic (exact) mass is 682 g/mol. The summed E-state index contributed by atoms with van der Waals surface area (Å²) >= 11 is 0. The van der Waals surface area contributed by atoms with Crippen LogP contribution in [0.3, 0.4) is 0 Å². The zero-order valence-electron chi connectivity index (χ0n) is 30.4. The highest BCUT2D eigenvalue weighted by molar-refractivity contribution is 5.84. The zero-order valence-corrected chi connectivity index (χ0v) is 30.4. The number of carbonyl (C=O) groups excluding carboxylic acids is 4. The molecule has 1 rings (SSSR count). The van der Waals surface area contributed by atoms with Crippen molar-refractivity contribution in [2.75, 3.05) is 19.6 Å². The Labute approximate surface area is 291 Å². The second kappa shape index (κ2) is 32.0. The highest BCUT2D eigenvalue weighted by Crippen LogP contribution is 2.13. The van der Waals surface area contributed by atoms with E-state index < -0.39 is 24.0 Å². The van der Waals surface area contributed by atoms with Crippen LogP contribution in [0.25, 0.3) is 0 Å². The third-order valence-electron chi connectivity index (χ3n) is 8.99. The number of nitrogens with one attached hydrogen (secondary N) is 4. The van der Waals surface area contributed by atoms with Crippen molar-refractivity contribution < 1.29 is 28.9 Å². The summed E-state index contributed by atoms with van der Waals surface area (Å²) in [7, 11) is 0. The van der Waals surface area contributed by atoms with E-state index in [1.807, 2.05) is 0 Å². The molecule has 11 heteroatoms. The van der Waals surface area contributed by atoms with E-state index in [9.17, 15) is 19.2 Å². The molecule has 1 aliphatic heterocycles. The van der Waals surface area contributed by atoms with Crippen LogP contribution < -0.4 is 27.3 Å². The Morgan fingerprint density at radius 2 is 0.875 bits per heavy atom. The SMILES string of the molecule is CCCCCC1NC(=O)CCCCCCCCCCCNOC(=O)C(CCCCN)NC(=O)CCCCCCCCCCCNOC1=O. The molecule has 1 aliphatic rings. The normalized spacial score (nSPS) is 23.1. The van der Waals surface area contributed by atoms with Crippen molar-refractivity contribution in [1.82, 2.24) is 21.6 Å². The van der Waals surface area contributed by atoms with Gasteiger partial charge < -0.3 is 26.0 Å². The molecule has 0 radical (unpaired) electrons. The van der Waals surface area contributed by atoms with Crippen LogP contribution in [0.2, 0.25) is 0 Å². The van der Waals surface area contributed by atoms with Crippen molar-refractivity contribution in [3.8, 4) is 0 Å². The first-order chi connectivity index (χ1) is 23.5. The summed E-state index contributed by atoms with van der Waals surface area (Å²) in [6.07, 6.45) is 25.4. The molecule has 6 N–H and O–H groups in total. The summed E-state index contributed by atoms with van der Waals surface area (Å²) in [5.41, 5.74) is 11.2. The molecule has 2 amide bonds. The molecular formula is C37H71N5O6. The van der Waals surface area contributed by atoms with Gasteiger partial charge in [0.15, 0.2) is 0 Å². The second-order valence-electron chi connectivity index (χ2n) is 13.5. The topological polar surface area (TPSA) is 161 Å². The van der Waals surface area contributed by atoms with Gasteiger partial charge in [0.05, 0.1) is 0 Å². The third kappa shape index (κ3) is 25.7. The second-order valence-corrected chi connectivity index (χ2v) is 13.5. The van der Waals surface area contributed by atoms with E-state index in [-0.39, 0.29) is 11.8 Å². The van der Waals surface area contributed by atoms with E-state index in [1.165, 1.54) is 0 Å². The molecule has 1 saturated heterocycles. The molecule has 0 aromatic heterocycles. The van der Waals surface area contributed by atoms with E-state index in [0.29, 0.717) is 45.3 Å². The van der Waals surface area contributed by atoms with Gasteiger partial charge in [-0.1, -0.05) is 116 Å². The van der Waals surface area contributed by atoms with Crippen LogP contribution in [0, 0.1) is 0 Å². The van der Waals surface area contributed by atoms with Gasteiger partial charge in [0.1, 0.15) is 12.1 Å². The lowest BCUT2D eigenvalue weighted by Gasteiger charge is -2.17. The summed E-state index contributed by atoms with van der Waals surface area (Å²) in [5, 5.41) is 5.82. The van der Waals surface area contributed by atoms with Crippen LogP contribution in [0.15, 0.2) is 0 Å². The molecule has 0 saturated carbocycles. The van der Waals surface area contributed by atoms with Crippen LogP contribution in [0.1, 0.15) is 180 Å². The maximum absolute atomic E-state index is 12.7. The van der Waals surface area contributed by atoms with Gasteiger partial charge in [0.25, 0.3) is 0 Å². The average Bonchev–Trinajstić information content (AvgIpc) is 3.07. The summed E-state index contributed by atoms with van der Waals surface area (Å²) in [6, 6.07) is -1.25. The molecule has 0 aliphatic carbocycles. The molecule has 48 heavy (non-hydrogen) atoms. The van der Waals surface area contributed by atoms with E-state index in [4.69, 9.17) is 15.4 Å². The van der Waals surface area contributed by atoms with Crippen LogP contribution in [-0.4, -0.2) is 55.5 Å². The molecule has 0 aromatic rings. The van der Waals surface area contributed by atoms with Gasteiger partial charge in [-0.05, 0) is 57.9 Å². The molecule has 0 spiro atoms. The Morgan fingerprint density at radius 3 is 1.25 bits per heavy atom. The average molecular weight is 682 g/mol. The third-order valence-corrected chi connectivity index (χ3v) is 8.99. The summed E-state index contributed by atoms with van der Waals surface area (Å²) in [5.74, 6) is -0.999. The lowest BCUT2D eigenvalue weighted by molar-refractivity contribution is -0.155. The van der Waals surface area contributed by atoms with E-state index in [1.54, 1.807) is 0 Å². The Kier molecular flexibility index (Phi) is 29.2. The fourth-order valence-corrected chi connectivity index (χ4v) is 5.95. The summed E-state index contributed by atoms with van der Waals surface area (Å²) in [4.78, 5) is 61.2. The van der Waals surface area contributed by atoms with Crippen LogP contribution in [-0.2, 0) is 28.9 Å². The number of hydroxylamine groups is 2. The van der Waals surface area contributed by atoms with Crippen molar-refractivity contribution >= 4 is 23.8 Å². The predicted molar refractivity (Wildman–Crippen MR) is 191 cm³/mol. The molecule has 1 heterocycles. The first kappa shape index (κ1) is 43.8. The minimum atomic E-state index is -0.650. The minimum Gasteiger partial charge on any atom is -0.369 e. The van der Waals surface area contributed by atoms with Gasteiger partial charge in [-0.25, -0.2) is 9.59 Å². The van der Waals surface area contributed by atoms with Gasteiger partial charge >= 0.3 is 11.9 Å². The van der Waals surface area contributed by atoms with E-state index in [0.717, 1.165) is 148 Å². The molecule has 280 valence electrons. The van der Waals surface area contributed by atoms with Gasteiger partial charge in [0, 0.05) is 25.9 Å². The number of amides is 2. The number of hydrogen-bond donors (Lipinski definition) is 5. The van der Waals surface area contributed by atoms with Crippen molar-refractivity contribution in [2.24, 2.45) is 5.73 Å². The number of rotatable bonds is 8. The summed E-state index contributed by atoms with van der Waals surface area (Å²) in [6.45, 7) is 3.87. The molecule has 2 unspecified atom stereocenters. The Hall–Kier alpha value is -2.24. The van der Waals surface area contributed by atoms with E-state index in [2.05, 4.69) is 28.5 Å². The first-order valence-corrected chi connectivity index (χ1v) is 19.6. The molecule has 2 atom stereocenters. The van der Waals surface area contributed by atoms with Crippen molar-refractivity contribution in [3.63, 3.8) is 0 Å². The maximum Gasteiger partial charge on any atom is 0.347 e. The van der Waals surface area contributed by atoms with Gasteiger partial charge in [-0.2, -0.15) is 11.0 Å². The summed E-state index contributed by atoms with van der Waals surface area (Å²) < 4.78 is 0. The highest BCUT2D eigenvalue weighted by atomic mass is 16.7. The van der Waals surface area contributed by atoms with Gasteiger partial charge in [-0.3, -0.25) is 9.59 Å².